The Hall–Kier alpha value is -3.28. The first kappa shape index (κ1) is 20.5. The quantitative estimate of drug-likeness (QED) is 0.581. The molecule has 29 heavy (non-hydrogen) atoms. The van der Waals surface area contributed by atoms with Crippen molar-refractivity contribution in [2.45, 2.75) is 44.8 Å². The average molecular weight is 394 g/mol. The second-order valence-corrected chi connectivity index (χ2v) is 8.21. The molecule has 152 valence electrons. The van der Waals surface area contributed by atoms with Crippen molar-refractivity contribution in [3.8, 4) is 0 Å². The van der Waals surface area contributed by atoms with Crippen molar-refractivity contribution in [1.82, 2.24) is 10.3 Å². The van der Waals surface area contributed by atoms with E-state index in [-0.39, 0.29) is 12.8 Å². The van der Waals surface area contributed by atoms with Gasteiger partial charge in [-0.1, -0.05) is 48.5 Å². The lowest BCUT2D eigenvalue weighted by atomic mass is 9.84. The maximum atomic E-state index is 12.6. The van der Waals surface area contributed by atoms with Crippen molar-refractivity contribution >= 4 is 23.0 Å². The van der Waals surface area contributed by atoms with E-state index in [0.717, 1.165) is 22.0 Å². The molecule has 0 bridgehead atoms. The number of carboxylic acids is 1. The number of carbonyl (C=O) groups excluding carboxylic acids is 1. The Bertz CT molecular complexity index is 1000. The molecule has 0 spiro atoms. The van der Waals surface area contributed by atoms with Gasteiger partial charge in [-0.05, 0) is 38.0 Å². The van der Waals surface area contributed by atoms with Gasteiger partial charge in [-0.2, -0.15) is 0 Å². The van der Waals surface area contributed by atoms with Crippen LogP contribution >= 0.6 is 0 Å². The summed E-state index contributed by atoms with van der Waals surface area (Å²) >= 11 is 0. The molecule has 3 aromatic rings. The molecule has 2 aromatic carbocycles. The van der Waals surface area contributed by atoms with E-state index in [1.807, 2.05) is 54.6 Å². The van der Waals surface area contributed by atoms with E-state index in [1.54, 1.807) is 27.0 Å². The minimum atomic E-state index is -1.56. The summed E-state index contributed by atoms with van der Waals surface area (Å²) in [6.45, 7) is 5.23. The first-order valence-electron chi connectivity index (χ1n) is 9.52. The van der Waals surface area contributed by atoms with Gasteiger partial charge in [0, 0.05) is 29.9 Å². The summed E-state index contributed by atoms with van der Waals surface area (Å²) in [5.74, 6) is -1.11. The van der Waals surface area contributed by atoms with Crippen LogP contribution in [0.4, 0.5) is 4.79 Å². The van der Waals surface area contributed by atoms with Gasteiger partial charge in [-0.15, -0.1) is 0 Å². The highest BCUT2D eigenvalue weighted by molar-refractivity contribution is 5.88. The number of hydrogen-bond acceptors (Lipinski definition) is 3. The van der Waals surface area contributed by atoms with E-state index in [4.69, 9.17) is 4.74 Å². The normalized spacial score (nSPS) is 13.6. The molecule has 6 heteroatoms. The number of H-pyrrole nitrogens is 1. The second kappa shape index (κ2) is 7.99. The summed E-state index contributed by atoms with van der Waals surface area (Å²) in [5, 5.41) is 13.8. The number of aromatic nitrogens is 1. The van der Waals surface area contributed by atoms with Crippen LogP contribution in [0, 0.1) is 0 Å². The number of amides is 1. The number of nitrogens with one attached hydrogen (secondary N) is 2. The zero-order valence-electron chi connectivity index (χ0n) is 16.9. The first-order chi connectivity index (χ1) is 13.7. The topological polar surface area (TPSA) is 91.4 Å². The number of carboxylic acid groups (broad SMARTS) is 1. The fraction of sp³-hybridized carbons (Fsp3) is 0.304. The van der Waals surface area contributed by atoms with Crippen molar-refractivity contribution in [3.63, 3.8) is 0 Å². The Balaban J connectivity index is 2.00. The Kier molecular flexibility index (Phi) is 5.64. The number of aromatic amines is 1. The van der Waals surface area contributed by atoms with Crippen molar-refractivity contribution in [2.75, 3.05) is 0 Å². The minimum absolute atomic E-state index is 0.112. The predicted octanol–water partition coefficient (Wildman–Crippen LogP) is 4.30. The van der Waals surface area contributed by atoms with E-state index in [1.165, 1.54) is 0 Å². The van der Waals surface area contributed by atoms with Crippen LogP contribution in [0.5, 0.6) is 0 Å². The number of hydrogen-bond donors (Lipinski definition) is 3. The standard InChI is InChI=1S/C23H26N2O4/c1-22(2,3)29-21(28)25-23(20(26)27,13-16-9-5-4-6-10-16)14-17-15-24-19-12-8-7-11-18(17)19/h4-12,15,24H,13-14H2,1-3H3,(H,25,28)(H,26,27). The highest BCUT2D eigenvalue weighted by Gasteiger charge is 2.42. The van der Waals surface area contributed by atoms with Gasteiger partial charge in [0.05, 0.1) is 0 Å². The van der Waals surface area contributed by atoms with Gasteiger partial charge in [0.1, 0.15) is 11.1 Å². The fourth-order valence-electron chi connectivity index (χ4n) is 3.40. The van der Waals surface area contributed by atoms with Crippen molar-refractivity contribution < 1.29 is 19.4 Å². The Morgan fingerprint density at radius 2 is 1.66 bits per heavy atom. The van der Waals surface area contributed by atoms with E-state index < -0.39 is 23.2 Å². The fourth-order valence-corrected chi connectivity index (χ4v) is 3.40. The van der Waals surface area contributed by atoms with E-state index in [2.05, 4.69) is 10.3 Å². The summed E-state index contributed by atoms with van der Waals surface area (Å²) in [4.78, 5) is 28.2. The Morgan fingerprint density at radius 1 is 1.00 bits per heavy atom. The number of para-hydroxylation sites is 1. The molecule has 0 aliphatic rings. The van der Waals surface area contributed by atoms with Crippen LogP contribution in [0.25, 0.3) is 10.9 Å². The van der Waals surface area contributed by atoms with Crippen molar-refractivity contribution in [3.05, 3.63) is 71.9 Å². The van der Waals surface area contributed by atoms with Crippen LogP contribution in [0.3, 0.4) is 0 Å². The summed E-state index contributed by atoms with van der Waals surface area (Å²) < 4.78 is 5.37. The number of ether oxygens (including phenoxy) is 1. The van der Waals surface area contributed by atoms with Crippen LogP contribution in [0.15, 0.2) is 60.8 Å². The molecule has 0 aliphatic carbocycles. The molecule has 1 amide bonds. The van der Waals surface area contributed by atoms with Crippen LogP contribution in [0.2, 0.25) is 0 Å². The maximum absolute atomic E-state index is 12.6. The average Bonchev–Trinajstić information content (AvgIpc) is 3.03. The van der Waals surface area contributed by atoms with Crippen LogP contribution in [0.1, 0.15) is 31.9 Å². The van der Waals surface area contributed by atoms with Gasteiger partial charge in [-0.25, -0.2) is 9.59 Å². The first-order valence-corrected chi connectivity index (χ1v) is 9.52. The Labute approximate surface area is 169 Å². The van der Waals surface area contributed by atoms with Crippen LogP contribution in [-0.2, 0) is 22.4 Å². The summed E-state index contributed by atoms with van der Waals surface area (Å²) in [7, 11) is 0. The zero-order valence-corrected chi connectivity index (χ0v) is 16.9. The van der Waals surface area contributed by atoms with Crippen LogP contribution < -0.4 is 5.32 Å². The number of rotatable bonds is 6. The molecule has 1 unspecified atom stereocenters. The summed E-state index contributed by atoms with van der Waals surface area (Å²) in [6.07, 6.45) is 1.28. The lowest BCUT2D eigenvalue weighted by Crippen LogP contribution is -2.58. The van der Waals surface area contributed by atoms with Crippen molar-refractivity contribution in [1.29, 1.82) is 0 Å². The molecule has 6 nitrogen and oxygen atoms in total. The lowest BCUT2D eigenvalue weighted by Gasteiger charge is -2.32. The molecule has 0 fully saturated rings. The van der Waals surface area contributed by atoms with Gasteiger partial charge in [0.2, 0.25) is 0 Å². The van der Waals surface area contributed by atoms with Gasteiger partial charge < -0.3 is 20.1 Å². The van der Waals surface area contributed by atoms with Gasteiger partial charge >= 0.3 is 12.1 Å². The molecule has 3 rings (SSSR count). The van der Waals surface area contributed by atoms with Gasteiger partial charge in [-0.3, -0.25) is 0 Å². The number of alkyl carbamates (subject to hydrolysis) is 1. The zero-order chi connectivity index (χ0) is 21.1. The molecule has 0 saturated carbocycles. The third kappa shape index (κ3) is 4.96. The summed E-state index contributed by atoms with van der Waals surface area (Å²) in [6, 6.07) is 16.9. The number of aliphatic carboxylic acids is 1. The van der Waals surface area contributed by atoms with Crippen LogP contribution in [-0.4, -0.2) is 33.3 Å². The lowest BCUT2D eigenvalue weighted by molar-refractivity contribution is -0.144. The number of carbonyl (C=O) groups is 2. The largest absolute Gasteiger partial charge is 0.479 e. The Morgan fingerprint density at radius 3 is 2.31 bits per heavy atom. The van der Waals surface area contributed by atoms with E-state index >= 15 is 0 Å². The van der Waals surface area contributed by atoms with E-state index in [0.29, 0.717) is 0 Å². The molecule has 1 heterocycles. The third-order valence-electron chi connectivity index (χ3n) is 4.67. The van der Waals surface area contributed by atoms with Gasteiger partial charge in [0.15, 0.2) is 0 Å². The van der Waals surface area contributed by atoms with E-state index in [9.17, 15) is 14.7 Å². The smallest absolute Gasteiger partial charge is 0.408 e. The monoisotopic (exact) mass is 394 g/mol. The molecule has 1 aromatic heterocycles. The number of benzene rings is 2. The highest BCUT2D eigenvalue weighted by atomic mass is 16.6. The van der Waals surface area contributed by atoms with Gasteiger partial charge in [0.25, 0.3) is 0 Å². The van der Waals surface area contributed by atoms with Crippen molar-refractivity contribution in [2.24, 2.45) is 0 Å². The molecule has 1 atom stereocenters. The second-order valence-electron chi connectivity index (χ2n) is 8.21. The number of fused-ring (bicyclic) bond motifs is 1. The molecular weight excluding hydrogens is 368 g/mol. The molecule has 0 radical (unpaired) electrons. The maximum Gasteiger partial charge on any atom is 0.408 e. The molecular formula is C23H26N2O4. The minimum Gasteiger partial charge on any atom is -0.479 e. The third-order valence-corrected chi connectivity index (χ3v) is 4.67. The molecule has 3 N–H and O–H groups in total. The predicted molar refractivity (Wildman–Crippen MR) is 112 cm³/mol. The molecule has 0 aliphatic heterocycles. The summed E-state index contributed by atoms with van der Waals surface area (Å²) in [5.41, 5.74) is 0.246. The molecule has 0 saturated heterocycles. The highest BCUT2D eigenvalue weighted by Crippen LogP contribution is 2.26. The SMILES string of the molecule is CC(C)(C)OC(=O)NC(Cc1ccccc1)(Cc1c[nH]c2ccccc12)C(=O)O.